The molecule has 5 rings (SSSR count). The fourth-order valence-corrected chi connectivity index (χ4v) is 4.43. The minimum Gasteiger partial charge on any atom is -0.507 e. The Hall–Kier alpha value is -5.43. The molecule has 1 amide bonds. The molecule has 10 heteroatoms. The average molecular weight is 540 g/mol. The van der Waals surface area contributed by atoms with Gasteiger partial charge in [0.2, 0.25) is 5.95 Å². The van der Waals surface area contributed by atoms with Crippen molar-refractivity contribution in [3.8, 4) is 34.1 Å². The molecule has 0 saturated heterocycles. The minimum absolute atomic E-state index is 0.00165. The van der Waals surface area contributed by atoms with Crippen molar-refractivity contribution in [1.82, 2.24) is 9.97 Å². The third-order valence-corrected chi connectivity index (χ3v) is 6.38. The third-order valence-electron chi connectivity index (χ3n) is 6.38. The van der Waals surface area contributed by atoms with Crippen LogP contribution in [0.15, 0.2) is 79.0 Å². The van der Waals surface area contributed by atoms with Crippen molar-refractivity contribution in [2.45, 2.75) is 13.1 Å². The number of carbonyl (C=O) groups excluding carboxylic acids is 1. The molecular weight excluding hydrogens is 519 g/mol. The molecule has 1 heterocycles. The van der Waals surface area contributed by atoms with Crippen LogP contribution in [0, 0.1) is 18.3 Å². The number of carbonyl (C=O) groups is 1. The number of halogens is 3. The van der Waals surface area contributed by atoms with Gasteiger partial charge in [0.25, 0.3) is 5.91 Å². The number of nitrogen functional groups attached to an aromatic ring is 1. The largest absolute Gasteiger partial charge is 0.507 e. The molecule has 4 N–H and O–H groups in total. The van der Waals surface area contributed by atoms with Crippen LogP contribution >= 0.6 is 0 Å². The van der Waals surface area contributed by atoms with Gasteiger partial charge in [0, 0.05) is 28.4 Å². The van der Waals surface area contributed by atoms with Gasteiger partial charge in [-0.1, -0.05) is 24.3 Å². The fraction of sp³-hybridized carbons (Fsp3) is 0.0667. The van der Waals surface area contributed by atoms with E-state index in [0.717, 1.165) is 17.7 Å². The quantitative estimate of drug-likeness (QED) is 0.233. The Kier molecular flexibility index (Phi) is 6.57. The van der Waals surface area contributed by atoms with Crippen LogP contribution in [-0.4, -0.2) is 21.0 Å². The Morgan fingerprint density at radius 1 is 1.02 bits per heavy atom. The first kappa shape index (κ1) is 26.2. The molecular formula is C30H20F3N5O2. The summed E-state index contributed by atoms with van der Waals surface area (Å²) in [5.41, 5.74) is 8.31. The van der Waals surface area contributed by atoms with Crippen LogP contribution in [0.3, 0.4) is 0 Å². The number of hydrogen-bond acceptors (Lipinski definition) is 6. The molecule has 0 saturated carbocycles. The fourth-order valence-electron chi connectivity index (χ4n) is 4.43. The number of aryl methyl sites for hydroxylation is 1. The van der Waals surface area contributed by atoms with Gasteiger partial charge in [-0.15, -0.1) is 0 Å². The van der Waals surface area contributed by atoms with E-state index in [9.17, 15) is 28.3 Å². The molecule has 0 aliphatic heterocycles. The van der Waals surface area contributed by atoms with E-state index >= 15 is 0 Å². The lowest BCUT2D eigenvalue weighted by Gasteiger charge is -2.16. The Morgan fingerprint density at radius 3 is 2.55 bits per heavy atom. The number of nitrogens with zero attached hydrogens (tertiary/aromatic N) is 3. The van der Waals surface area contributed by atoms with Gasteiger partial charge in [0.15, 0.2) is 0 Å². The zero-order chi connectivity index (χ0) is 28.6. The zero-order valence-corrected chi connectivity index (χ0v) is 20.9. The molecule has 0 aliphatic rings. The third kappa shape index (κ3) is 5.00. The van der Waals surface area contributed by atoms with Crippen LogP contribution in [0.25, 0.3) is 33.2 Å². The van der Waals surface area contributed by atoms with Gasteiger partial charge in [-0.3, -0.25) is 4.79 Å². The first-order valence-corrected chi connectivity index (χ1v) is 11.9. The number of alkyl halides is 3. The average Bonchev–Trinajstić information content (AvgIpc) is 2.93. The summed E-state index contributed by atoms with van der Waals surface area (Å²) in [5, 5.41) is 24.0. The summed E-state index contributed by atoms with van der Waals surface area (Å²) in [6.45, 7) is 1.79. The number of aromatic nitrogens is 2. The van der Waals surface area contributed by atoms with E-state index in [2.05, 4.69) is 21.4 Å². The topological polar surface area (TPSA) is 125 Å². The Balaban J connectivity index is 1.63. The highest BCUT2D eigenvalue weighted by atomic mass is 19.4. The van der Waals surface area contributed by atoms with E-state index < -0.39 is 17.6 Å². The van der Waals surface area contributed by atoms with Gasteiger partial charge in [0.1, 0.15) is 5.75 Å². The predicted molar refractivity (Wildman–Crippen MR) is 145 cm³/mol. The lowest BCUT2D eigenvalue weighted by molar-refractivity contribution is -0.137. The van der Waals surface area contributed by atoms with E-state index in [-0.39, 0.29) is 22.9 Å². The molecule has 0 fully saturated rings. The highest BCUT2D eigenvalue weighted by Crippen LogP contribution is 2.44. The number of anilines is 2. The zero-order valence-electron chi connectivity index (χ0n) is 20.9. The maximum absolute atomic E-state index is 13.1. The van der Waals surface area contributed by atoms with Crippen molar-refractivity contribution in [3.05, 3.63) is 101 Å². The molecule has 0 aliphatic carbocycles. The molecule has 1 aromatic heterocycles. The summed E-state index contributed by atoms with van der Waals surface area (Å²) in [6, 6.07) is 19.5. The summed E-state index contributed by atoms with van der Waals surface area (Å²) in [6.07, 6.45) is -3.04. The Morgan fingerprint density at radius 2 is 1.80 bits per heavy atom. The summed E-state index contributed by atoms with van der Waals surface area (Å²) < 4.78 is 39.3. The number of rotatable bonds is 4. The summed E-state index contributed by atoms with van der Waals surface area (Å²) in [4.78, 5) is 21.4. The molecule has 0 unspecified atom stereocenters. The first-order chi connectivity index (χ1) is 19.0. The van der Waals surface area contributed by atoms with Crippen molar-refractivity contribution in [2.24, 2.45) is 0 Å². The van der Waals surface area contributed by atoms with Crippen molar-refractivity contribution in [3.63, 3.8) is 0 Å². The number of nitrogens with two attached hydrogens (primary N) is 1. The van der Waals surface area contributed by atoms with E-state index in [4.69, 9.17) is 5.73 Å². The molecule has 40 heavy (non-hydrogen) atoms. The molecule has 7 nitrogen and oxygen atoms in total. The van der Waals surface area contributed by atoms with E-state index in [1.807, 2.05) is 0 Å². The number of hydrogen-bond donors (Lipinski definition) is 3. The maximum atomic E-state index is 13.1. The van der Waals surface area contributed by atoms with Gasteiger partial charge >= 0.3 is 6.18 Å². The molecule has 0 radical (unpaired) electrons. The first-order valence-electron chi connectivity index (χ1n) is 11.9. The monoisotopic (exact) mass is 539 g/mol. The van der Waals surface area contributed by atoms with Crippen LogP contribution in [0.2, 0.25) is 0 Å². The number of amides is 1. The van der Waals surface area contributed by atoms with E-state index in [0.29, 0.717) is 38.7 Å². The van der Waals surface area contributed by atoms with Crippen LogP contribution in [0.4, 0.5) is 24.8 Å². The summed E-state index contributed by atoms with van der Waals surface area (Å²) in [5.74, 6) is -0.778. The Bertz CT molecular complexity index is 1840. The second kappa shape index (κ2) is 10.0. The van der Waals surface area contributed by atoms with E-state index in [1.54, 1.807) is 55.5 Å². The number of fused-ring (bicyclic) bond motifs is 1. The highest BCUT2D eigenvalue weighted by Gasteiger charge is 2.30. The van der Waals surface area contributed by atoms with Gasteiger partial charge in [0.05, 0.1) is 28.3 Å². The summed E-state index contributed by atoms with van der Waals surface area (Å²) >= 11 is 0. The number of nitriles is 1. The normalized spacial score (nSPS) is 11.3. The van der Waals surface area contributed by atoms with Gasteiger partial charge < -0.3 is 16.2 Å². The van der Waals surface area contributed by atoms with Crippen molar-refractivity contribution < 1.29 is 23.1 Å². The second-order valence-corrected chi connectivity index (χ2v) is 9.07. The van der Waals surface area contributed by atoms with Crippen LogP contribution < -0.4 is 11.1 Å². The maximum Gasteiger partial charge on any atom is 0.416 e. The minimum atomic E-state index is -4.55. The standard InChI is InChI=1S/C30H20F3N5O2/c1-16-8-9-19(28(40)37-22-7-3-6-21(13-22)30(31,32)33)11-23(16)24-12-20-15-36-29(35)38-26(20)25(27(24)39)18-5-2-4-17(10-18)14-34/h2-13,15,39H,1H3,(H,37,40)(H2,35,36,38). The van der Waals surface area contributed by atoms with Crippen molar-refractivity contribution in [1.29, 1.82) is 5.26 Å². The molecule has 0 spiro atoms. The predicted octanol–water partition coefficient (Wildman–Crippen LogP) is 6.70. The molecule has 5 aromatic rings. The van der Waals surface area contributed by atoms with Gasteiger partial charge in [-0.2, -0.15) is 18.4 Å². The van der Waals surface area contributed by atoms with Crippen LogP contribution in [0.1, 0.15) is 27.0 Å². The van der Waals surface area contributed by atoms with Crippen LogP contribution in [0.5, 0.6) is 5.75 Å². The molecule has 0 atom stereocenters. The van der Waals surface area contributed by atoms with Gasteiger partial charge in [-0.25, -0.2) is 9.97 Å². The lowest BCUT2D eigenvalue weighted by Crippen LogP contribution is -2.13. The number of nitrogens with one attached hydrogen (secondary N) is 1. The summed E-state index contributed by atoms with van der Waals surface area (Å²) in [7, 11) is 0. The molecule has 4 aromatic carbocycles. The smallest absolute Gasteiger partial charge is 0.416 e. The van der Waals surface area contributed by atoms with Gasteiger partial charge in [-0.05, 0) is 72.1 Å². The molecule has 198 valence electrons. The number of benzene rings is 4. The number of aromatic hydroxyl groups is 1. The molecule has 0 bridgehead atoms. The number of phenolic OH excluding ortho intramolecular Hbond substituents is 1. The Labute approximate surface area is 226 Å². The van der Waals surface area contributed by atoms with Crippen molar-refractivity contribution in [2.75, 3.05) is 11.1 Å². The number of phenols is 1. The lowest BCUT2D eigenvalue weighted by atomic mass is 9.91. The van der Waals surface area contributed by atoms with Crippen LogP contribution in [-0.2, 0) is 6.18 Å². The van der Waals surface area contributed by atoms with Crippen molar-refractivity contribution >= 4 is 28.4 Å². The SMILES string of the molecule is Cc1ccc(C(=O)Nc2cccc(C(F)(F)F)c2)cc1-c1cc2cnc(N)nc2c(-c2cccc(C#N)c2)c1O. The second-order valence-electron chi connectivity index (χ2n) is 9.07. The van der Waals surface area contributed by atoms with E-state index in [1.165, 1.54) is 18.3 Å². The highest BCUT2D eigenvalue weighted by molar-refractivity contribution is 6.06.